The van der Waals surface area contributed by atoms with Crippen LogP contribution in [0.2, 0.25) is 5.02 Å². The van der Waals surface area contributed by atoms with Gasteiger partial charge in [-0.3, -0.25) is 9.59 Å². The fraction of sp³-hybridized carbons (Fsp3) is 0.273. The summed E-state index contributed by atoms with van der Waals surface area (Å²) in [7, 11) is 1.33. The summed E-state index contributed by atoms with van der Waals surface area (Å²) in [6, 6.07) is 8.14. The number of halogens is 4. The number of carbonyl (C=O) groups is 2. The minimum atomic E-state index is -3.05. The summed E-state index contributed by atoms with van der Waals surface area (Å²) in [6.07, 6.45) is 2.62. The standard InChI is InChI=1S/C22H20ClF3N2O4/c1-31-18-4-2-3-14(20(18)32-22(25)26)5-8-19(29)27-9-11-28(12-10-27)21(30)16-7-6-15(24)13-17(16)23/h2-8,13,22H,9-12H2,1H3/b8-5+. The Labute approximate surface area is 187 Å². The summed E-state index contributed by atoms with van der Waals surface area (Å²) in [5.74, 6) is -1.27. The van der Waals surface area contributed by atoms with Crippen LogP contribution in [0.3, 0.4) is 0 Å². The van der Waals surface area contributed by atoms with Crippen molar-refractivity contribution >= 4 is 29.5 Å². The third-order valence-corrected chi connectivity index (χ3v) is 5.19. The smallest absolute Gasteiger partial charge is 0.387 e. The van der Waals surface area contributed by atoms with Gasteiger partial charge in [0.1, 0.15) is 5.82 Å². The molecule has 1 aliphatic heterocycles. The molecule has 0 radical (unpaired) electrons. The van der Waals surface area contributed by atoms with Gasteiger partial charge in [0.2, 0.25) is 5.91 Å². The zero-order valence-corrected chi connectivity index (χ0v) is 17.8. The third kappa shape index (κ3) is 5.53. The van der Waals surface area contributed by atoms with Crippen molar-refractivity contribution in [2.75, 3.05) is 33.3 Å². The van der Waals surface area contributed by atoms with Crippen LogP contribution in [0.25, 0.3) is 6.08 Å². The molecule has 1 aliphatic rings. The number of benzene rings is 2. The fourth-order valence-electron chi connectivity index (χ4n) is 3.27. The van der Waals surface area contributed by atoms with Crippen molar-refractivity contribution in [1.29, 1.82) is 0 Å². The second kappa shape index (κ2) is 10.4. The highest BCUT2D eigenvalue weighted by atomic mass is 35.5. The van der Waals surface area contributed by atoms with Gasteiger partial charge in [-0.2, -0.15) is 8.78 Å². The summed E-state index contributed by atoms with van der Waals surface area (Å²) in [5, 5.41) is 0.0246. The first-order valence-corrected chi connectivity index (χ1v) is 10.0. The maximum Gasteiger partial charge on any atom is 0.387 e. The van der Waals surface area contributed by atoms with E-state index in [4.69, 9.17) is 16.3 Å². The second-order valence-electron chi connectivity index (χ2n) is 6.83. The van der Waals surface area contributed by atoms with E-state index in [-0.39, 0.29) is 65.6 Å². The SMILES string of the molecule is COc1cccc(/C=C/C(=O)N2CCN(C(=O)c3ccc(F)cc3Cl)CC2)c1OC(F)F. The average Bonchev–Trinajstić information content (AvgIpc) is 2.77. The van der Waals surface area contributed by atoms with E-state index in [1.807, 2.05) is 0 Å². The maximum absolute atomic E-state index is 13.2. The molecule has 2 amide bonds. The lowest BCUT2D eigenvalue weighted by molar-refractivity contribution is -0.127. The molecule has 3 rings (SSSR count). The van der Waals surface area contributed by atoms with Crippen LogP contribution in [-0.2, 0) is 4.79 Å². The van der Waals surface area contributed by atoms with Crippen LogP contribution in [0.4, 0.5) is 13.2 Å². The number of ether oxygens (including phenoxy) is 2. The summed E-state index contributed by atoms with van der Waals surface area (Å²) in [5.41, 5.74) is 0.454. The molecule has 0 saturated carbocycles. The van der Waals surface area contributed by atoms with E-state index in [0.29, 0.717) is 0 Å². The van der Waals surface area contributed by atoms with E-state index in [1.54, 1.807) is 6.07 Å². The molecular weight excluding hydrogens is 449 g/mol. The molecule has 32 heavy (non-hydrogen) atoms. The number of methoxy groups -OCH3 is 1. The highest BCUT2D eigenvalue weighted by Crippen LogP contribution is 2.33. The topological polar surface area (TPSA) is 59.1 Å². The number of hydrogen-bond donors (Lipinski definition) is 0. The highest BCUT2D eigenvalue weighted by Gasteiger charge is 2.25. The van der Waals surface area contributed by atoms with Gasteiger partial charge in [0.15, 0.2) is 11.5 Å². The van der Waals surface area contributed by atoms with Gasteiger partial charge in [0.05, 0.1) is 17.7 Å². The van der Waals surface area contributed by atoms with Gasteiger partial charge in [-0.15, -0.1) is 0 Å². The molecule has 0 N–H and O–H groups in total. The first kappa shape index (κ1) is 23.5. The van der Waals surface area contributed by atoms with Crippen LogP contribution in [0, 0.1) is 5.82 Å². The number of amides is 2. The summed E-state index contributed by atoms with van der Waals surface area (Å²) >= 11 is 5.96. The molecule has 1 heterocycles. The molecule has 0 spiro atoms. The Morgan fingerprint density at radius 2 is 1.78 bits per heavy atom. The Bertz CT molecular complexity index is 1020. The molecule has 0 aliphatic carbocycles. The highest BCUT2D eigenvalue weighted by molar-refractivity contribution is 6.33. The molecule has 0 bridgehead atoms. The fourth-order valence-corrected chi connectivity index (χ4v) is 3.52. The zero-order chi connectivity index (χ0) is 23.3. The van der Waals surface area contributed by atoms with Gasteiger partial charge < -0.3 is 19.3 Å². The summed E-state index contributed by atoms with van der Waals surface area (Å²) < 4.78 is 48.3. The van der Waals surface area contributed by atoms with E-state index >= 15 is 0 Å². The van der Waals surface area contributed by atoms with Crippen molar-refractivity contribution < 1.29 is 32.2 Å². The number of rotatable bonds is 6. The Balaban J connectivity index is 1.64. The Hall–Kier alpha value is -3.20. The molecular formula is C22H20ClF3N2O4. The molecule has 6 nitrogen and oxygen atoms in total. The van der Waals surface area contributed by atoms with Crippen LogP contribution < -0.4 is 9.47 Å². The molecule has 2 aromatic rings. The van der Waals surface area contributed by atoms with Gasteiger partial charge in [-0.05, 0) is 30.3 Å². The van der Waals surface area contributed by atoms with E-state index in [9.17, 15) is 22.8 Å². The monoisotopic (exact) mass is 468 g/mol. The minimum absolute atomic E-state index is 0.0246. The number of para-hydroxylation sites is 1. The third-order valence-electron chi connectivity index (χ3n) is 4.88. The first-order valence-electron chi connectivity index (χ1n) is 9.63. The van der Waals surface area contributed by atoms with E-state index < -0.39 is 12.4 Å². The van der Waals surface area contributed by atoms with Gasteiger partial charge in [-0.25, -0.2) is 4.39 Å². The molecule has 0 aromatic heterocycles. The van der Waals surface area contributed by atoms with E-state index in [2.05, 4.69) is 4.74 Å². The lowest BCUT2D eigenvalue weighted by Gasteiger charge is -2.34. The van der Waals surface area contributed by atoms with Gasteiger partial charge in [0.25, 0.3) is 5.91 Å². The molecule has 1 fully saturated rings. The van der Waals surface area contributed by atoms with Crippen LogP contribution in [0.15, 0.2) is 42.5 Å². The predicted molar refractivity (Wildman–Crippen MR) is 113 cm³/mol. The maximum atomic E-state index is 13.2. The van der Waals surface area contributed by atoms with Crippen molar-refractivity contribution in [3.63, 3.8) is 0 Å². The lowest BCUT2D eigenvalue weighted by Crippen LogP contribution is -2.50. The summed E-state index contributed by atoms with van der Waals surface area (Å²) in [4.78, 5) is 28.2. The number of carbonyl (C=O) groups excluding carboxylic acids is 2. The van der Waals surface area contributed by atoms with E-state index in [0.717, 1.165) is 12.1 Å². The first-order chi connectivity index (χ1) is 15.3. The molecule has 0 unspecified atom stereocenters. The second-order valence-corrected chi connectivity index (χ2v) is 7.24. The molecule has 1 saturated heterocycles. The van der Waals surface area contributed by atoms with Crippen LogP contribution in [-0.4, -0.2) is 61.5 Å². The zero-order valence-electron chi connectivity index (χ0n) is 17.1. The molecule has 170 valence electrons. The van der Waals surface area contributed by atoms with Crippen LogP contribution in [0.5, 0.6) is 11.5 Å². The largest absolute Gasteiger partial charge is 0.493 e. The molecule has 0 atom stereocenters. The Morgan fingerprint density at radius 3 is 2.41 bits per heavy atom. The number of hydrogen-bond acceptors (Lipinski definition) is 4. The van der Waals surface area contributed by atoms with Crippen LogP contribution >= 0.6 is 11.6 Å². The van der Waals surface area contributed by atoms with Gasteiger partial charge >= 0.3 is 6.61 Å². The van der Waals surface area contributed by atoms with Crippen molar-refractivity contribution in [2.24, 2.45) is 0 Å². The Morgan fingerprint density at radius 1 is 1.09 bits per heavy atom. The molecule has 2 aromatic carbocycles. The van der Waals surface area contributed by atoms with Crippen molar-refractivity contribution in [2.45, 2.75) is 6.61 Å². The lowest BCUT2D eigenvalue weighted by atomic mass is 10.1. The predicted octanol–water partition coefficient (Wildman–Crippen LogP) is 4.09. The van der Waals surface area contributed by atoms with Gasteiger partial charge in [0, 0.05) is 37.8 Å². The van der Waals surface area contributed by atoms with E-state index in [1.165, 1.54) is 47.3 Å². The quantitative estimate of drug-likeness (QED) is 0.599. The average molecular weight is 469 g/mol. The number of piperazine rings is 1. The Kier molecular flexibility index (Phi) is 7.63. The number of nitrogens with zero attached hydrogens (tertiary/aromatic N) is 2. The van der Waals surface area contributed by atoms with Gasteiger partial charge in [-0.1, -0.05) is 23.7 Å². The van der Waals surface area contributed by atoms with Crippen molar-refractivity contribution in [3.05, 3.63) is 64.4 Å². The van der Waals surface area contributed by atoms with Crippen LogP contribution in [0.1, 0.15) is 15.9 Å². The van der Waals surface area contributed by atoms with Crippen molar-refractivity contribution in [3.8, 4) is 11.5 Å². The van der Waals surface area contributed by atoms with Crippen molar-refractivity contribution in [1.82, 2.24) is 9.80 Å². The summed E-state index contributed by atoms with van der Waals surface area (Å²) in [6.45, 7) is -1.97. The molecule has 10 heteroatoms. The minimum Gasteiger partial charge on any atom is -0.493 e. The number of alkyl halides is 2. The normalized spacial score (nSPS) is 14.2.